The molecule has 4 nitrogen and oxygen atoms in total. The minimum atomic E-state index is 0.760. The molecule has 0 amide bonds. The van der Waals surface area contributed by atoms with Gasteiger partial charge in [0.2, 0.25) is 0 Å². The molecule has 3 aromatic rings. The van der Waals surface area contributed by atoms with Crippen LogP contribution >= 0.6 is 0 Å². The SMILES string of the molecule is CN=Nc1cnc2c(ccc3cccnc32)c1. The topological polar surface area (TPSA) is 50.5 Å². The fourth-order valence-electron chi connectivity index (χ4n) is 1.89. The van der Waals surface area contributed by atoms with Gasteiger partial charge < -0.3 is 0 Å². The second-order valence-corrected chi connectivity index (χ2v) is 3.71. The Bertz CT molecular complexity index is 719. The maximum Gasteiger partial charge on any atom is 0.104 e. The van der Waals surface area contributed by atoms with Crippen molar-refractivity contribution in [3.8, 4) is 0 Å². The quantitative estimate of drug-likeness (QED) is 0.467. The number of azo groups is 1. The molecule has 82 valence electrons. The average molecular weight is 222 g/mol. The summed E-state index contributed by atoms with van der Waals surface area (Å²) in [6.07, 6.45) is 3.49. The lowest BCUT2D eigenvalue weighted by atomic mass is 10.1. The third kappa shape index (κ3) is 1.63. The standard InChI is InChI=1S/C13H10N4/c1-14-17-11-7-10-5-4-9-3-2-6-15-12(9)13(10)16-8-11/h2-8H,1H3. The Morgan fingerprint density at radius 3 is 2.71 bits per heavy atom. The molecule has 0 aliphatic rings. The Balaban J connectivity index is 2.37. The Hall–Kier alpha value is -2.36. The van der Waals surface area contributed by atoms with Crippen LogP contribution in [0.5, 0.6) is 0 Å². The van der Waals surface area contributed by atoms with Gasteiger partial charge in [-0.1, -0.05) is 18.2 Å². The van der Waals surface area contributed by atoms with Gasteiger partial charge in [0.05, 0.1) is 17.2 Å². The molecule has 1 aromatic carbocycles. The van der Waals surface area contributed by atoms with E-state index < -0.39 is 0 Å². The molecule has 2 heterocycles. The van der Waals surface area contributed by atoms with Crippen molar-refractivity contribution in [1.82, 2.24) is 9.97 Å². The lowest BCUT2D eigenvalue weighted by Crippen LogP contribution is -1.84. The third-order valence-electron chi connectivity index (χ3n) is 2.62. The predicted molar refractivity (Wildman–Crippen MR) is 67.5 cm³/mol. The van der Waals surface area contributed by atoms with Gasteiger partial charge in [0.25, 0.3) is 0 Å². The van der Waals surface area contributed by atoms with Gasteiger partial charge >= 0.3 is 0 Å². The second kappa shape index (κ2) is 3.90. The largest absolute Gasteiger partial charge is 0.254 e. The van der Waals surface area contributed by atoms with Gasteiger partial charge in [0.1, 0.15) is 5.69 Å². The minimum Gasteiger partial charge on any atom is -0.254 e. The Morgan fingerprint density at radius 1 is 1.00 bits per heavy atom. The highest BCUT2D eigenvalue weighted by Gasteiger charge is 2.03. The summed E-state index contributed by atoms with van der Waals surface area (Å²) in [5.74, 6) is 0. The number of nitrogens with zero attached hydrogens (tertiary/aromatic N) is 4. The van der Waals surface area contributed by atoms with Crippen LogP contribution < -0.4 is 0 Å². The zero-order chi connectivity index (χ0) is 11.7. The normalized spacial score (nSPS) is 11.6. The van der Waals surface area contributed by atoms with E-state index in [4.69, 9.17) is 0 Å². The summed E-state index contributed by atoms with van der Waals surface area (Å²) in [5.41, 5.74) is 2.58. The maximum absolute atomic E-state index is 4.41. The molecule has 0 bridgehead atoms. The van der Waals surface area contributed by atoms with Gasteiger partial charge in [-0.05, 0) is 12.1 Å². The fraction of sp³-hybridized carbons (Fsp3) is 0.0769. The number of fused-ring (bicyclic) bond motifs is 3. The first-order valence-corrected chi connectivity index (χ1v) is 5.32. The van der Waals surface area contributed by atoms with Crippen molar-refractivity contribution in [2.24, 2.45) is 10.2 Å². The lowest BCUT2D eigenvalue weighted by Gasteiger charge is -2.02. The molecule has 0 aliphatic heterocycles. The number of aromatic nitrogens is 2. The smallest absolute Gasteiger partial charge is 0.104 e. The lowest BCUT2D eigenvalue weighted by molar-refractivity contribution is 1.16. The fourth-order valence-corrected chi connectivity index (χ4v) is 1.89. The molecule has 3 rings (SSSR count). The summed E-state index contributed by atoms with van der Waals surface area (Å²) in [6, 6.07) is 9.99. The molecule has 0 saturated carbocycles. The first kappa shape index (κ1) is 9.84. The van der Waals surface area contributed by atoms with Crippen LogP contribution in [-0.2, 0) is 0 Å². The molecule has 0 unspecified atom stereocenters. The number of rotatable bonds is 1. The van der Waals surface area contributed by atoms with Crippen LogP contribution in [-0.4, -0.2) is 17.0 Å². The van der Waals surface area contributed by atoms with Crippen LogP contribution in [0.15, 0.2) is 53.0 Å². The van der Waals surface area contributed by atoms with Gasteiger partial charge in [0.15, 0.2) is 0 Å². The summed E-state index contributed by atoms with van der Waals surface area (Å²) in [7, 11) is 1.64. The van der Waals surface area contributed by atoms with Crippen molar-refractivity contribution < 1.29 is 0 Å². The van der Waals surface area contributed by atoms with Gasteiger partial charge in [0, 0.05) is 24.0 Å². The molecule has 0 atom stereocenters. The molecule has 0 fully saturated rings. The molecule has 0 N–H and O–H groups in total. The van der Waals surface area contributed by atoms with Crippen molar-refractivity contribution in [2.75, 3.05) is 7.05 Å². The molecular formula is C13H10N4. The van der Waals surface area contributed by atoms with E-state index >= 15 is 0 Å². The van der Waals surface area contributed by atoms with Crippen LogP contribution in [0.3, 0.4) is 0 Å². The van der Waals surface area contributed by atoms with E-state index in [1.807, 2.05) is 30.3 Å². The molecule has 0 aliphatic carbocycles. The third-order valence-corrected chi connectivity index (χ3v) is 2.62. The summed E-state index contributed by atoms with van der Waals surface area (Å²) in [4.78, 5) is 8.78. The summed E-state index contributed by atoms with van der Waals surface area (Å²) in [5, 5.41) is 9.85. The van der Waals surface area contributed by atoms with Gasteiger partial charge in [-0.3, -0.25) is 9.97 Å². The molecule has 0 spiro atoms. The highest BCUT2D eigenvalue weighted by molar-refractivity contribution is 6.03. The maximum atomic E-state index is 4.41. The Morgan fingerprint density at radius 2 is 1.82 bits per heavy atom. The van der Waals surface area contributed by atoms with Crippen molar-refractivity contribution in [2.45, 2.75) is 0 Å². The van der Waals surface area contributed by atoms with Crippen LogP contribution in [0.25, 0.3) is 21.8 Å². The number of benzene rings is 1. The summed E-state index contributed by atoms with van der Waals surface area (Å²) >= 11 is 0. The van der Waals surface area contributed by atoms with Crippen molar-refractivity contribution in [1.29, 1.82) is 0 Å². The number of pyridine rings is 2. The highest BCUT2D eigenvalue weighted by Crippen LogP contribution is 2.24. The van der Waals surface area contributed by atoms with Crippen LogP contribution in [0.4, 0.5) is 5.69 Å². The molecular weight excluding hydrogens is 212 g/mol. The van der Waals surface area contributed by atoms with E-state index in [1.165, 1.54) is 0 Å². The van der Waals surface area contributed by atoms with Crippen molar-refractivity contribution >= 4 is 27.5 Å². The zero-order valence-corrected chi connectivity index (χ0v) is 9.33. The highest BCUT2D eigenvalue weighted by atomic mass is 15.1. The Kier molecular flexibility index (Phi) is 2.26. The second-order valence-electron chi connectivity index (χ2n) is 3.71. The molecule has 0 radical (unpaired) electrons. The van der Waals surface area contributed by atoms with E-state index in [2.05, 4.69) is 20.2 Å². The number of hydrogen-bond donors (Lipinski definition) is 0. The summed E-state index contributed by atoms with van der Waals surface area (Å²) < 4.78 is 0. The van der Waals surface area contributed by atoms with Gasteiger partial charge in [-0.25, -0.2) is 0 Å². The molecule has 4 heteroatoms. The van der Waals surface area contributed by atoms with E-state index in [1.54, 1.807) is 19.4 Å². The average Bonchev–Trinajstić information content (AvgIpc) is 2.39. The van der Waals surface area contributed by atoms with Gasteiger partial charge in [-0.2, -0.15) is 10.2 Å². The molecule has 2 aromatic heterocycles. The first-order chi connectivity index (χ1) is 8.38. The minimum absolute atomic E-state index is 0.760. The number of hydrogen-bond acceptors (Lipinski definition) is 4. The van der Waals surface area contributed by atoms with Crippen LogP contribution in [0.2, 0.25) is 0 Å². The van der Waals surface area contributed by atoms with E-state index in [-0.39, 0.29) is 0 Å². The predicted octanol–water partition coefficient (Wildman–Crippen LogP) is 3.50. The molecule has 0 saturated heterocycles. The van der Waals surface area contributed by atoms with Crippen LogP contribution in [0, 0.1) is 0 Å². The van der Waals surface area contributed by atoms with Gasteiger partial charge in [-0.15, -0.1) is 0 Å². The first-order valence-electron chi connectivity index (χ1n) is 5.32. The zero-order valence-electron chi connectivity index (χ0n) is 9.33. The van der Waals surface area contributed by atoms with Crippen LogP contribution in [0.1, 0.15) is 0 Å². The van der Waals surface area contributed by atoms with Crippen molar-refractivity contribution in [3.63, 3.8) is 0 Å². The van der Waals surface area contributed by atoms with E-state index in [9.17, 15) is 0 Å². The van der Waals surface area contributed by atoms with Crippen molar-refractivity contribution in [3.05, 3.63) is 42.7 Å². The Labute approximate surface area is 98.0 Å². The molecule has 17 heavy (non-hydrogen) atoms. The van der Waals surface area contributed by atoms with E-state index in [0.29, 0.717) is 0 Å². The summed E-state index contributed by atoms with van der Waals surface area (Å²) in [6.45, 7) is 0. The monoisotopic (exact) mass is 222 g/mol. The van der Waals surface area contributed by atoms with E-state index in [0.717, 1.165) is 27.5 Å².